The average Bonchev–Trinajstić information content (AvgIpc) is 2.61. The molecule has 1 aliphatic heterocycles. The second-order valence-electron chi connectivity index (χ2n) is 5.20. The van der Waals surface area contributed by atoms with Crippen LogP contribution in [-0.4, -0.2) is 47.1 Å². The number of nitrogens with zero attached hydrogens (tertiary/aromatic N) is 4. The number of nitrogens with one attached hydrogen (secondary N) is 1. The summed E-state index contributed by atoms with van der Waals surface area (Å²) in [6, 6.07) is 7.80. The number of piperazine rings is 1. The molecular formula is C16H19N5O. The summed E-state index contributed by atoms with van der Waals surface area (Å²) in [6.45, 7) is 3.63. The Labute approximate surface area is 129 Å². The lowest BCUT2D eigenvalue weighted by Crippen LogP contribution is -2.51. The van der Waals surface area contributed by atoms with Crippen LogP contribution >= 0.6 is 0 Å². The minimum Gasteiger partial charge on any atom is -0.368 e. The number of aromatic nitrogens is 2. The normalized spacial score (nSPS) is 14.7. The third-order valence-electron chi connectivity index (χ3n) is 3.76. The van der Waals surface area contributed by atoms with Crippen LogP contribution in [-0.2, 0) is 6.54 Å². The molecule has 6 heteroatoms. The van der Waals surface area contributed by atoms with Gasteiger partial charge in [0.15, 0.2) is 0 Å². The molecule has 2 aromatic rings. The molecule has 114 valence electrons. The lowest BCUT2D eigenvalue weighted by molar-refractivity contribution is 0.194. The first kappa shape index (κ1) is 14.3. The van der Waals surface area contributed by atoms with Crippen molar-refractivity contribution >= 4 is 11.7 Å². The molecule has 0 saturated carbocycles. The Morgan fingerprint density at radius 1 is 1.05 bits per heavy atom. The van der Waals surface area contributed by atoms with Crippen molar-refractivity contribution in [3.05, 3.63) is 54.6 Å². The molecule has 0 aliphatic carbocycles. The summed E-state index contributed by atoms with van der Waals surface area (Å²) in [5, 5.41) is 2.94. The molecule has 3 heterocycles. The van der Waals surface area contributed by atoms with Crippen LogP contribution < -0.4 is 10.2 Å². The summed E-state index contributed by atoms with van der Waals surface area (Å²) in [5.41, 5.74) is 2.16. The monoisotopic (exact) mass is 297 g/mol. The molecule has 0 atom stereocenters. The fraction of sp³-hybridized carbons (Fsp3) is 0.312. The number of carbonyl (C=O) groups is 1. The highest BCUT2D eigenvalue weighted by atomic mass is 16.2. The van der Waals surface area contributed by atoms with Gasteiger partial charge in [0, 0.05) is 63.2 Å². The van der Waals surface area contributed by atoms with Gasteiger partial charge in [0.05, 0.1) is 0 Å². The topological polar surface area (TPSA) is 61.4 Å². The zero-order valence-corrected chi connectivity index (χ0v) is 12.4. The van der Waals surface area contributed by atoms with E-state index in [1.54, 1.807) is 24.8 Å². The van der Waals surface area contributed by atoms with Crippen LogP contribution in [0.25, 0.3) is 0 Å². The highest BCUT2D eigenvalue weighted by molar-refractivity contribution is 5.74. The number of carbonyl (C=O) groups excluding carboxylic acids is 1. The molecule has 2 aromatic heterocycles. The number of rotatable bonds is 3. The van der Waals surface area contributed by atoms with Crippen LogP contribution in [0.3, 0.4) is 0 Å². The van der Waals surface area contributed by atoms with E-state index in [4.69, 9.17) is 0 Å². The highest BCUT2D eigenvalue weighted by Crippen LogP contribution is 2.14. The van der Waals surface area contributed by atoms with Crippen LogP contribution in [0, 0.1) is 0 Å². The number of hydrogen-bond donors (Lipinski definition) is 1. The largest absolute Gasteiger partial charge is 0.368 e. The highest BCUT2D eigenvalue weighted by Gasteiger charge is 2.20. The molecule has 6 nitrogen and oxygen atoms in total. The molecule has 0 unspecified atom stereocenters. The Hall–Kier alpha value is -2.63. The summed E-state index contributed by atoms with van der Waals surface area (Å²) < 4.78 is 0. The zero-order valence-electron chi connectivity index (χ0n) is 12.4. The van der Waals surface area contributed by atoms with Gasteiger partial charge in [0.2, 0.25) is 0 Å². The average molecular weight is 297 g/mol. The first-order chi connectivity index (χ1) is 10.8. The number of urea groups is 1. The Morgan fingerprint density at radius 3 is 2.50 bits per heavy atom. The van der Waals surface area contributed by atoms with Gasteiger partial charge in [-0.05, 0) is 23.8 Å². The van der Waals surface area contributed by atoms with E-state index >= 15 is 0 Å². The molecule has 3 rings (SSSR count). The second-order valence-corrected chi connectivity index (χ2v) is 5.20. The van der Waals surface area contributed by atoms with Crippen molar-refractivity contribution in [1.29, 1.82) is 0 Å². The van der Waals surface area contributed by atoms with Crippen molar-refractivity contribution in [3.63, 3.8) is 0 Å². The SMILES string of the molecule is O=C(NCc1cccnc1)N1CCN(c2ccncc2)CC1. The van der Waals surface area contributed by atoms with Gasteiger partial charge in [-0.1, -0.05) is 6.07 Å². The quantitative estimate of drug-likeness (QED) is 0.933. The molecule has 0 spiro atoms. The van der Waals surface area contributed by atoms with Gasteiger partial charge in [-0.15, -0.1) is 0 Å². The summed E-state index contributed by atoms with van der Waals surface area (Å²) in [7, 11) is 0. The molecule has 0 radical (unpaired) electrons. The molecule has 1 N–H and O–H groups in total. The van der Waals surface area contributed by atoms with E-state index in [0.29, 0.717) is 6.54 Å². The van der Waals surface area contributed by atoms with Crippen LogP contribution in [0.5, 0.6) is 0 Å². The Bertz CT molecular complexity index is 596. The van der Waals surface area contributed by atoms with Crippen molar-refractivity contribution in [1.82, 2.24) is 20.2 Å². The number of hydrogen-bond acceptors (Lipinski definition) is 4. The summed E-state index contributed by atoms with van der Waals surface area (Å²) in [5.74, 6) is 0. The van der Waals surface area contributed by atoms with Gasteiger partial charge in [-0.3, -0.25) is 9.97 Å². The second kappa shape index (κ2) is 6.89. The maximum atomic E-state index is 12.2. The van der Waals surface area contributed by atoms with E-state index in [1.165, 1.54) is 0 Å². The van der Waals surface area contributed by atoms with Crippen molar-refractivity contribution in [3.8, 4) is 0 Å². The summed E-state index contributed by atoms with van der Waals surface area (Å²) in [4.78, 5) is 24.4. The van der Waals surface area contributed by atoms with Gasteiger partial charge in [-0.25, -0.2) is 4.79 Å². The summed E-state index contributed by atoms with van der Waals surface area (Å²) >= 11 is 0. The smallest absolute Gasteiger partial charge is 0.317 e. The van der Waals surface area contributed by atoms with Crippen LogP contribution in [0.4, 0.5) is 10.5 Å². The summed E-state index contributed by atoms with van der Waals surface area (Å²) in [6.07, 6.45) is 7.08. The first-order valence-electron chi connectivity index (χ1n) is 7.39. The number of anilines is 1. The van der Waals surface area contributed by atoms with Gasteiger partial charge in [0.1, 0.15) is 0 Å². The molecule has 1 aliphatic rings. The van der Waals surface area contributed by atoms with Gasteiger partial charge in [-0.2, -0.15) is 0 Å². The predicted octanol–water partition coefficient (Wildman–Crippen LogP) is 1.51. The first-order valence-corrected chi connectivity index (χ1v) is 7.39. The molecule has 0 bridgehead atoms. The standard InChI is InChI=1S/C16H19N5O/c22-16(19-13-14-2-1-5-18-12-14)21-10-8-20(9-11-21)15-3-6-17-7-4-15/h1-7,12H,8-11,13H2,(H,19,22). The molecule has 1 saturated heterocycles. The van der Waals surface area contributed by atoms with Gasteiger partial charge < -0.3 is 15.1 Å². The lowest BCUT2D eigenvalue weighted by atomic mass is 10.2. The molecule has 1 fully saturated rings. The third-order valence-corrected chi connectivity index (χ3v) is 3.76. The Balaban J connectivity index is 1.48. The van der Waals surface area contributed by atoms with Gasteiger partial charge in [0.25, 0.3) is 0 Å². The predicted molar refractivity (Wildman–Crippen MR) is 84.5 cm³/mol. The molecule has 2 amide bonds. The van der Waals surface area contributed by atoms with Crippen molar-refractivity contribution in [2.24, 2.45) is 0 Å². The minimum absolute atomic E-state index is 0.0155. The molecule has 0 aromatic carbocycles. The van der Waals surface area contributed by atoms with Gasteiger partial charge >= 0.3 is 6.03 Å². The Kier molecular flexibility index (Phi) is 4.48. The van der Waals surface area contributed by atoms with E-state index in [2.05, 4.69) is 20.2 Å². The van der Waals surface area contributed by atoms with Crippen LogP contribution in [0.15, 0.2) is 49.1 Å². The van der Waals surface area contributed by atoms with Crippen LogP contribution in [0.1, 0.15) is 5.56 Å². The maximum Gasteiger partial charge on any atom is 0.317 e. The van der Waals surface area contributed by atoms with Crippen LogP contribution in [0.2, 0.25) is 0 Å². The third kappa shape index (κ3) is 3.52. The fourth-order valence-corrected chi connectivity index (χ4v) is 2.51. The minimum atomic E-state index is -0.0155. The maximum absolute atomic E-state index is 12.2. The van der Waals surface area contributed by atoms with E-state index in [9.17, 15) is 4.79 Å². The van der Waals surface area contributed by atoms with E-state index in [1.807, 2.05) is 29.2 Å². The zero-order chi connectivity index (χ0) is 15.2. The van der Waals surface area contributed by atoms with Crippen molar-refractivity contribution in [2.45, 2.75) is 6.54 Å². The molecular weight excluding hydrogens is 278 g/mol. The lowest BCUT2D eigenvalue weighted by Gasteiger charge is -2.36. The van der Waals surface area contributed by atoms with Crippen molar-refractivity contribution in [2.75, 3.05) is 31.1 Å². The molecule has 22 heavy (non-hydrogen) atoms. The number of pyridine rings is 2. The van der Waals surface area contributed by atoms with E-state index in [0.717, 1.165) is 37.4 Å². The van der Waals surface area contributed by atoms with E-state index < -0.39 is 0 Å². The number of amides is 2. The fourth-order valence-electron chi connectivity index (χ4n) is 2.51. The van der Waals surface area contributed by atoms with Crippen molar-refractivity contribution < 1.29 is 4.79 Å². The Morgan fingerprint density at radius 2 is 1.82 bits per heavy atom. The van der Waals surface area contributed by atoms with E-state index in [-0.39, 0.29) is 6.03 Å².